The number of aromatic nitrogens is 1. The van der Waals surface area contributed by atoms with Crippen molar-refractivity contribution in [3.05, 3.63) is 40.2 Å². The third-order valence-electron chi connectivity index (χ3n) is 5.11. The molecule has 142 valence electrons. The van der Waals surface area contributed by atoms with E-state index in [0.717, 1.165) is 24.8 Å². The van der Waals surface area contributed by atoms with Crippen LogP contribution in [0.2, 0.25) is 0 Å². The highest BCUT2D eigenvalue weighted by Crippen LogP contribution is 2.42. The molecule has 0 saturated carbocycles. The number of H-pyrrole nitrogens is 1. The minimum Gasteiger partial charge on any atom is -0.496 e. The number of aromatic amines is 1. The van der Waals surface area contributed by atoms with Crippen molar-refractivity contribution >= 4 is 28.1 Å². The Balaban J connectivity index is 1.76. The van der Waals surface area contributed by atoms with Crippen molar-refractivity contribution in [1.82, 2.24) is 9.88 Å². The SMILES string of the molecule is COc1cc(OC)c2cc(C(=O)N3CCCC3c3ccsc3)[nH]c2c1OC. The molecule has 0 radical (unpaired) electrons. The van der Waals surface area contributed by atoms with Crippen molar-refractivity contribution in [2.75, 3.05) is 27.9 Å². The first kappa shape index (κ1) is 17.7. The number of amides is 1. The van der Waals surface area contributed by atoms with Crippen LogP contribution in [0.5, 0.6) is 17.2 Å². The van der Waals surface area contributed by atoms with Crippen molar-refractivity contribution in [1.29, 1.82) is 0 Å². The molecule has 1 saturated heterocycles. The summed E-state index contributed by atoms with van der Waals surface area (Å²) in [5, 5.41) is 4.98. The molecule has 1 aromatic carbocycles. The van der Waals surface area contributed by atoms with Gasteiger partial charge in [0.2, 0.25) is 0 Å². The van der Waals surface area contributed by atoms with Gasteiger partial charge in [-0.05, 0) is 41.3 Å². The van der Waals surface area contributed by atoms with Crippen LogP contribution in [0.25, 0.3) is 10.9 Å². The van der Waals surface area contributed by atoms with Gasteiger partial charge in [0, 0.05) is 18.0 Å². The molecule has 27 heavy (non-hydrogen) atoms. The van der Waals surface area contributed by atoms with Crippen LogP contribution in [0.15, 0.2) is 29.0 Å². The molecule has 0 bridgehead atoms. The summed E-state index contributed by atoms with van der Waals surface area (Å²) in [6, 6.07) is 5.84. The quantitative estimate of drug-likeness (QED) is 0.713. The van der Waals surface area contributed by atoms with Gasteiger partial charge >= 0.3 is 0 Å². The summed E-state index contributed by atoms with van der Waals surface area (Å²) in [5.74, 6) is 1.74. The fourth-order valence-electron chi connectivity index (χ4n) is 3.83. The highest BCUT2D eigenvalue weighted by molar-refractivity contribution is 7.08. The number of ether oxygens (including phenoxy) is 3. The van der Waals surface area contributed by atoms with E-state index in [4.69, 9.17) is 14.2 Å². The number of nitrogens with one attached hydrogen (secondary N) is 1. The maximum atomic E-state index is 13.3. The molecule has 7 heteroatoms. The number of hydrogen-bond donors (Lipinski definition) is 1. The van der Waals surface area contributed by atoms with Crippen molar-refractivity contribution in [2.45, 2.75) is 18.9 Å². The molecule has 0 spiro atoms. The monoisotopic (exact) mass is 386 g/mol. The predicted octanol–water partition coefficient (Wildman–Crippen LogP) is 4.23. The van der Waals surface area contributed by atoms with E-state index < -0.39 is 0 Å². The molecule has 1 fully saturated rings. The minimum absolute atomic E-state index is 0.0111. The Morgan fingerprint density at radius 3 is 2.67 bits per heavy atom. The number of rotatable bonds is 5. The van der Waals surface area contributed by atoms with Crippen LogP contribution in [-0.2, 0) is 0 Å². The lowest BCUT2D eigenvalue weighted by Crippen LogP contribution is -2.30. The Morgan fingerprint density at radius 2 is 2.00 bits per heavy atom. The van der Waals surface area contributed by atoms with Gasteiger partial charge in [0.1, 0.15) is 11.4 Å². The highest BCUT2D eigenvalue weighted by atomic mass is 32.1. The molecule has 1 N–H and O–H groups in total. The van der Waals surface area contributed by atoms with Gasteiger partial charge < -0.3 is 24.1 Å². The molecule has 1 aliphatic heterocycles. The van der Waals surface area contributed by atoms with Gasteiger partial charge in [-0.2, -0.15) is 11.3 Å². The fraction of sp³-hybridized carbons (Fsp3) is 0.350. The summed E-state index contributed by atoms with van der Waals surface area (Å²) in [5.41, 5.74) is 2.43. The van der Waals surface area contributed by atoms with E-state index in [0.29, 0.717) is 28.5 Å². The molecule has 3 aromatic rings. The van der Waals surface area contributed by atoms with Crippen molar-refractivity contribution in [3.8, 4) is 17.2 Å². The van der Waals surface area contributed by atoms with Gasteiger partial charge in [-0.15, -0.1) is 0 Å². The molecule has 1 unspecified atom stereocenters. The summed E-state index contributed by atoms with van der Waals surface area (Å²) in [6.45, 7) is 0.756. The summed E-state index contributed by atoms with van der Waals surface area (Å²) in [6.07, 6.45) is 2.00. The predicted molar refractivity (Wildman–Crippen MR) is 105 cm³/mol. The number of methoxy groups -OCH3 is 3. The maximum absolute atomic E-state index is 13.3. The van der Waals surface area contributed by atoms with Crippen molar-refractivity contribution < 1.29 is 19.0 Å². The molecule has 2 aromatic heterocycles. The number of likely N-dealkylation sites (tertiary alicyclic amines) is 1. The first-order chi connectivity index (χ1) is 13.2. The molecule has 1 aliphatic rings. The lowest BCUT2D eigenvalue weighted by atomic mass is 10.1. The van der Waals surface area contributed by atoms with Crippen LogP contribution in [0.1, 0.15) is 34.9 Å². The zero-order chi connectivity index (χ0) is 19.0. The number of nitrogens with zero attached hydrogens (tertiary/aromatic N) is 1. The fourth-order valence-corrected chi connectivity index (χ4v) is 4.53. The average Bonchev–Trinajstić information content (AvgIpc) is 3.45. The first-order valence-electron chi connectivity index (χ1n) is 8.82. The summed E-state index contributed by atoms with van der Waals surface area (Å²) in [4.78, 5) is 18.4. The lowest BCUT2D eigenvalue weighted by Gasteiger charge is -2.23. The van der Waals surface area contributed by atoms with Crippen LogP contribution in [0, 0.1) is 0 Å². The van der Waals surface area contributed by atoms with E-state index in [1.165, 1.54) is 5.56 Å². The third kappa shape index (κ3) is 2.92. The number of fused-ring (bicyclic) bond motifs is 1. The Labute approximate surface area is 161 Å². The number of carbonyl (C=O) groups excluding carboxylic acids is 1. The van der Waals surface area contributed by atoms with Crippen LogP contribution < -0.4 is 14.2 Å². The number of hydrogen-bond acceptors (Lipinski definition) is 5. The lowest BCUT2D eigenvalue weighted by molar-refractivity contribution is 0.0731. The van der Waals surface area contributed by atoms with E-state index in [2.05, 4.69) is 21.8 Å². The number of benzene rings is 1. The largest absolute Gasteiger partial charge is 0.496 e. The van der Waals surface area contributed by atoms with Crippen molar-refractivity contribution in [3.63, 3.8) is 0 Å². The van der Waals surface area contributed by atoms with E-state index in [9.17, 15) is 4.79 Å². The first-order valence-corrected chi connectivity index (χ1v) is 9.77. The summed E-state index contributed by atoms with van der Waals surface area (Å²) < 4.78 is 16.4. The van der Waals surface area contributed by atoms with Crippen LogP contribution in [0.4, 0.5) is 0 Å². The van der Waals surface area contributed by atoms with E-state index in [-0.39, 0.29) is 11.9 Å². The van der Waals surface area contributed by atoms with Gasteiger partial charge in [0.25, 0.3) is 5.91 Å². The molecule has 6 nitrogen and oxygen atoms in total. The van der Waals surface area contributed by atoms with Crippen LogP contribution in [0.3, 0.4) is 0 Å². The number of thiophene rings is 1. The Bertz CT molecular complexity index is 964. The standard InChI is InChI=1S/C20H22N2O4S/c1-24-16-10-17(25-2)19(26-3)18-13(16)9-14(21-18)20(23)22-7-4-5-15(22)12-6-8-27-11-12/h6,8-11,15,21H,4-5,7H2,1-3H3. The van der Waals surface area contributed by atoms with Gasteiger partial charge in [-0.25, -0.2) is 0 Å². The molecule has 1 atom stereocenters. The Kier molecular flexibility index (Phi) is 4.70. The van der Waals surface area contributed by atoms with Gasteiger partial charge in [0.15, 0.2) is 11.5 Å². The van der Waals surface area contributed by atoms with E-state index in [1.54, 1.807) is 38.7 Å². The Hall–Kier alpha value is -2.67. The topological polar surface area (TPSA) is 63.8 Å². The molecular weight excluding hydrogens is 364 g/mol. The summed E-state index contributed by atoms with van der Waals surface area (Å²) in [7, 11) is 4.76. The molecule has 3 heterocycles. The molecule has 0 aliphatic carbocycles. The summed E-state index contributed by atoms with van der Waals surface area (Å²) >= 11 is 1.66. The van der Waals surface area contributed by atoms with Gasteiger partial charge in [0.05, 0.1) is 32.9 Å². The maximum Gasteiger partial charge on any atom is 0.270 e. The normalized spacial score (nSPS) is 16.7. The highest BCUT2D eigenvalue weighted by Gasteiger charge is 2.32. The van der Waals surface area contributed by atoms with Crippen LogP contribution >= 0.6 is 11.3 Å². The number of carbonyl (C=O) groups is 1. The zero-order valence-electron chi connectivity index (χ0n) is 15.6. The molecular formula is C20H22N2O4S. The smallest absolute Gasteiger partial charge is 0.270 e. The average molecular weight is 386 g/mol. The Morgan fingerprint density at radius 1 is 1.19 bits per heavy atom. The van der Waals surface area contributed by atoms with Gasteiger partial charge in [-0.3, -0.25) is 4.79 Å². The van der Waals surface area contributed by atoms with Gasteiger partial charge in [-0.1, -0.05) is 0 Å². The van der Waals surface area contributed by atoms with E-state index in [1.807, 2.05) is 11.0 Å². The zero-order valence-corrected chi connectivity index (χ0v) is 16.4. The second-order valence-corrected chi connectivity index (χ2v) is 7.28. The molecule has 4 rings (SSSR count). The molecule has 1 amide bonds. The van der Waals surface area contributed by atoms with E-state index >= 15 is 0 Å². The third-order valence-corrected chi connectivity index (χ3v) is 5.81. The second kappa shape index (κ2) is 7.15. The van der Waals surface area contributed by atoms with Crippen molar-refractivity contribution in [2.24, 2.45) is 0 Å². The second-order valence-electron chi connectivity index (χ2n) is 6.50. The minimum atomic E-state index is -0.0111. The van der Waals surface area contributed by atoms with Crippen LogP contribution in [-0.4, -0.2) is 43.7 Å².